The van der Waals surface area contributed by atoms with E-state index in [2.05, 4.69) is 13.8 Å². The van der Waals surface area contributed by atoms with Crippen LogP contribution in [0.5, 0.6) is 0 Å². The molecule has 1 heteroatoms. The summed E-state index contributed by atoms with van der Waals surface area (Å²) in [5.41, 5.74) is 1.57. The second-order valence-electron chi connectivity index (χ2n) is 3.79. The van der Waals surface area contributed by atoms with Crippen molar-refractivity contribution in [2.75, 3.05) is 7.11 Å². The van der Waals surface area contributed by atoms with Crippen molar-refractivity contribution >= 4 is 0 Å². The van der Waals surface area contributed by atoms with Crippen LogP contribution in [0.15, 0.2) is 11.3 Å². The van der Waals surface area contributed by atoms with Gasteiger partial charge >= 0.3 is 0 Å². The Hall–Kier alpha value is -0.460. The molecule has 1 aliphatic rings. The van der Waals surface area contributed by atoms with E-state index in [1.54, 1.807) is 12.7 Å². The molecule has 12 heavy (non-hydrogen) atoms. The van der Waals surface area contributed by atoms with Crippen LogP contribution in [0, 0.1) is 5.92 Å². The highest BCUT2D eigenvalue weighted by atomic mass is 16.5. The predicted molar refractivity (Wildman–Crippen MR) is 52.0 cm³/mol. The summed E-state index contributed by atoms with van der Waals surface area (Å²) in [6.45, 7) is 4.51. The highest BCUT2D eigenvalue weighted by Gasteiger charge is 2.15. The van der Waals surface area contributed by atoms with Gasteiger partial charge < -0.3 is 4.74 Å². The standard InChI is InChI=1S/C11H20O/c1-4-11(12-3)10-7-5-6-9(2)8-10/h9H,4-8H2,1-3H3/b11-10+. The first-order chi connectivity index (χ1) is 5.77. The fourth-order valence-corrected chi connectivity index (χ4v) is 2.08. The Morgan fingerprint density at radius 1 is 1.58 bits per heavy atom. The van der Waals surface area contributed by atoms with Gasteiger partial charge in [0.1, 0.15) is 0 Å². The van der Waals surface area contributed by atoms with E-state index in [9.17, 15) is 0 Å². The average Bonchev–Trinajstić information content (AvgIpc) is 2.07. The number of hydrogen-bond donors (Lipinski definition) is 0. The second kappa shape index (κ2) is 4.54. The first-order valence-corrected chi connectivity index (χ1v) is 5.02. The number of ether oxygens (including phenoxy) is 1. The molecule has 1 aliphatic carbocycles. The lowest BCUT2D eigenvalue weighted by molar-refractivity contribution is 0.266. The highest BCUT2D eigenvalue weighted by molar-refractivity contribution is 5.10. The van der Waals surface area contributed by atoms with E-state index in [1.807, 2.05) is 0 Å². The third-order valence-electron chi connectivity index (χ3n) is 2.73. The maximum absolute atomic E-state index is 5.37. The van der Waals surface area contributed by atoms with E-state index in [0.29, 0.717) is 0 Å². The Morgan fingerprint density at radius 2 is 2.33 bits per heavy atom. The number of methoxy groups -OCH3 is 1. The smallest absolute Gasteiger partial charge is 0.0944 e. The van der Waals surface area contributed by atoms with Gasteiger partial charge in [-0.25, -0.2) is 0 Å². The fraction of sp³-hybridized carbons (Fsp3) is 0.818. The van der Waals surface area contributed by atoms with Crippen LogP contribution < -0.4 is 0 Å². The van der Waals surface area contributed by atoms with E-state index < -0.39 is 0 Å². The van der Waals surface area contributed by atoms with E-state index in [-0.39, 0.29) is 0 Å². The van der Waals surface area contributed by atoms with Gasteiger partial charge in [0.2, 0.25) is 0 Å². The SMILES string of the molecule is CC/C(OC)=C1/CCCC(C)C1. The van der Waals surface area contributed by atoms with Crippen LogP contribution in [0.25, 0.3) is 0 Å². The van der Waals surface area contributed by atoms with Gasteiger partial charge in [0.15, 0.2) is 0 Å². The first-order valence-electron chi connectivity index (χ1n) is 5.02. The summed E-state index contributed by atoms with van der Waals surface area (Å²) in [4.78, 5) is 0. The maximum Gasteiger partial charge on any atom is 0.0944 e. The monoisotopic (exact) mass is 168 g/mol. The summed E-state index contributed by atoms with van der Waals surface area (Å²) in [6, 6.07) is 0. The number of rotatable bonds is 2. The van der Waals surface area contributed by atoms with Crippen molar-refractivity contribution in [3.05, 3.63) is 11.3 Å². The fourth-order valence-electron chi connectivity index (χ4n) is 2.08. The third-order valence-corrected chi connectivity index (χ3v) is 2.73. The van der Waals surface area contributed by atoms with E-state index in [0.717, 1.165) is 12.3 Å². The molecule has 0 aromatic rings. The Balaban J connectivity index is 2.63. The van der Waals surface area contributed by atoms with Crippen molar-refractivity contribution in [2.45, 2.75) is 46.0 Å². The highest BCUT2D eigenvalue weighted by Crippen LogP contribution is 2.31. The zero-order chi connectivity index (χ0) is 8.97. The van der Waals surface area contributed by atoms with Gasteiger partial charge in [-0.3, -0.25) is 0 Å². The third kappa shape index (κ3) is 2.26. The summed E-state index contributed by atoms with van der Waals surface area (Å²) in [5, 5.41) is 0. The molecular formula is C11H20O. The Morgan fingerprint density at radius 3 is 2.83 bits per heavy atom. The molecule has 70 valence electrons. The lowest BCUT2D eigenvalue weighted by Crippen LogP contribution is -2.07. The van der Waals surface area contributed by atoms with Crippen LogP contribution in [-0.4, -0.2) is 7.11 Å². The molecule has 0 aromatic heterocycles. The molecule has 0 heterocycles. The molecule has 0 aliphatic heterocycles. The second-order valence-corrected chi connectivity index (χ2v) is 3.79. The molecule has 1 fully saturated rings. The summed E-state index contributed by atoms with van der Waals surface area (Å²) >= 11 is 0. The lowest BCUT2D eigenvalue weighted by atomic mass is 9.86. The van der Waals surface area contributed by atoms with Crippen LogP contribution in [0.4, 0.5) is 0 Å². The molecule has 0 radical (unpaired) electrons. The molecule has 0 amide bonds. The Kier molecular flexibility index (Phi) is 3.64. The van der Waals surface area contributed by atoms with Crippen molar-refractivity contribution in [3.63, 3.8) is 0 Å². The molecule has 1 rings (SSSR count). The van der Waals surface area contributed by atoms with E-state index in [4.69, 9.17) is 4.74 Å². The molecule has 0 aromatic carbocycles. The number of hydrogen-bond acceptors (Lipinski definition) is 1. The molecule has 0 spiro atoms. The molecule has 0 N–H and O–H groups in total. The normalized spacial score (nSPS) is 28.4. The van der Waals surface area contributed by atoms with Gasteiger partial charge in [-0.2, -0.15) is 0 Å². The Bertz CT molecular complexity index is 164. The lowest BCUT2D eigenvalue weighted by Gasteiger charge is -2.22. The molecule has 1 atom stereocenters. The summed E-state index contributed by atoms with van der Waals surface area (Å²) in [5.74, 6) is 2.10. The van der Waals surface area contributed by atoms with Gasteiger partial charge in [-0.15, -0.1) is 0 Å². The van der Waals surface area contributed by atoms with Crippen LogP contribution in [0.2, 0.25) is 0 Å². The molecule has 0 bridgehead atoms. The van der Waals surface area contributed by atoms with Crippen molar-refractivity contribution in [1.29, 1.82) is 0 Å². The van der Waals surface area contributed by atoms with Crippen LogP contribution in [0.1, 0.15) is 46.0 Å². The first kappa shape index (κ1) is 9.63. The van der Waals surface area contributed by atoms with Crippen LogP contribution >= 0.6 is 0 Å². The summed E-state index contributed by atoms with van der Waals surface area (Å²) < 4.78 is 5.37. The average molecular weight is 168 g/mol. The van der Waals surface area contributed by atoms with Crippen molar-refractivity contribution in [2.24, 2.45) is 5.92 Å². The Labute approximate surface area is 75.8 Å². The van der Waals surface area contributed by atoms with Gasteiger partial charge in [-0.1, -0.05) is 20.3 Å². The largest absolute Gasteiger partial charge is 0.501 e. The molecule has 1 unspecified atom stereocenters. The van der Waals surface area contributed by atoms with Crippen molar-refractivity contribution < 1.29 is 4.74 Å². The quantitative estimate of drug-likeness (QED) is 0.573. The van der Waals surface area contributed by atoms with Gasteiger partial charge in [0.25, 0.3) is 0 Å². The van der Waals surface area contributed by atoms with Crippen LogP contribution in [0.3, 0.4) is 0 Å². The van der Waals surface area contributed by atoms with Gasteiger partial charge in [0, 0.05) is 6.42 Å². The zero-order valence-corrected chi connectivity index (χ0v) is 8.52. The predicted octanol–water partition coefficient (Wildman–Crippen LogP) is 3.51. The van der Waals surface area contributed by atoms with Crippen LogP contribution in [-0.2, 0) is 4.74 Å². The summed E-state index contributed by atoms with van der Waals surface area (Å²) in [7, 11) is 1.80. The van der Waals surface area contributed by atoms with Crippen molar-refractivity contribution in [3.8, 4) is 0 Å². The van der Waals surface area contributed by atoms with E-state index in [1.165, 1.54) is 31.4 Å². The minimum absolute atomic E-state index is 0.866. The molecular weight excluding hydrogens is 148 g/mol. The van der Waals surface area contributed by atoms with Crippen molar-refractivity contribution in [1.82, 2.24) is 0 Å². The summed E-state index contributed by atoms with van der Waals surface area (Å²) in [6.07, 6.45) is 6.32. The topological polar surface area (TPSA) is 9.23 Å². The van der Waals surface area contributed by atoms with Gasteiger partial charge in [-0.05, 0) is 30.8 Å². The molecule has 0 saturated heterocycles. The minimum atomic E-state index is 0.866. The molecule has 1 saturated carbocycles. The zero-order valence-electron chi connectivity index (χ0n) is 8.52. The maximum atomic E-state index is 5.37. The minimum Gasteiger partial charge on any atom is -0.501 e. The van der Waals surface area contributed by atoms with Gasteiger partial charge in [0.05, 0.1) is 12.9 Å². The number of allylic oxidation sites excluding steroid dienone is 2. The van der Waals surface area contributed by atoms with E-state index >= 15 is 0 Å². The molecule has 1 nitrogen and oxygen atoms in total.